The summed E-state index contributed by atoms with van der Waals surface area (Å²) in [6.07, 6.45) is 4.11. The maximum Gasteiger partial charge on any atom is 0.121 e. The highest BCUT2D eigenvalue weighted by atomic mass is 16.3. The molecule has 3 heteroatoms. The molecule has 0 fully saturated rings. The van der Waals surface area contributed by atoms with Gasteiger partial charge in [0.05, 0.1) is 12.8 Å². The van der Waals surface area contributed by atoms with E-state index in [1.165, 1.54) is 18.4 Å². The topological polar surface area (TPSA) is 42.4 Å². The largest absolute Gasteiger partial charge is 0.468 e. The first-order valence-corrected chi connectivity index (χ1v) is 5.79. The molecule has 2 N–H and O–H groups in total. The molecule has 1 rings (SSSR count). The minimum absolute atomic E-state index is 0.494. The number of nitrogens with two attached hydrogens (primary N) is 1. The first-order chi connectivity index (χ1) is 7.31. The molecule has 0 aliphatic heterocycles. The van der Waals surface area contributed by atoms with Crippen molar-refractivity contribution in [3.05, 3.63) is 23.7 Å². The molecule has 0 unspecified atom stereocenters. The minimum atomic E-state index is 0.494. The zero-order valence-corrected chi connectivity index (χ0v) is 9.83. The summed E-state index contributed by atoms with van der Waals surface area (Å²) in [5.74, 6) is 0.923. The Labute approximate surface area is 92.2 Å². The quantitative estimate of drug-likeness (QED) is 0.751. The van der Waals surface area contributed by atoms with E-state index in [1.54, 1.807) is 6.26 Å². The zero-order chi connectivity index (χ0) is 11.1. The Kier molecular flexibility index (Phi) is 5.43. The van der Waals surface area contributed by atoms with Gasteiger partial charge in [-0.1, -0.05) is 13.8 Å². The van der Waals surface area contributed by atoms with E-state index < -0.39 is 0 Å². The maximum absolute atomic E-state index is 5.61. The van der Waals surface area contributed by atoms with Crippen molar-refractivity contribution in [3.8, 4) is 0 Å². The smallest absolute Gasteiger partial charge is 0.121 e. The van der Waals surface area contributed by atoms with Gasteiger partial charge in [0.1, 0.15) is 5.76 Å². The summed E-state index contributed by atoms with van der Waals surface area (Å²) in [6.45, 7) is 8.16. The second-order valence-corrected chi connectivity index (χ2v) is 3.85. The van der Waals surface area contributed by atoms with E-state index in [1.807, 2.05) is 6.07 Å². The molecular formula is C12H22N2O. The number of hydrogen-bond acceptors (Lipinski definition) is 3. The van der Waals surface area contributed by atoms with Crippen LogP contribution in [0.3, 0.4) is 0 Å². The summed E-state index contributed by atoms with van der Waals surface area (Å²) in [4.78, 5) is 2.45. The monoisotopic (exact) mass is 210 g/mol. The second-order valence-electron chi connectivity index (χ2n) is 3.85. The van der Waals surface area contributed by atoms with Crippen molar-refractivity contribution in [1.82, 2.24) is 4.90 Å². The van der Waals surface area contributed by atoms with Crippen LogP contribution in [0.5, 0.6) is 0 Å². The SMILES string of the molecule is CCCN(CCC)Cc1ccoc1CN. The Morgan fingerprint density at radius 1 is 1.27 bits per heavy atom. The van der Waals surface area contributed by atoms with Crippen molar-refractivity contribution in [1.29, 1.82) is 0 Å². The average molecular weight is 210 g/mol. The lowest BCUT2D eigenvalue weighted by Crippen LogP contribution is -2.25. The average Bonchev–Trinajstić information content (AvgIpc) is 2.66. The van der Waals surface area contributed by atoms with E-state index >= 15 is 0 Å². The van der Waals surface area contributed by atoms with Crippen molar-refractivity contribution in [2.24, 2.45) is 5.73 Å². The third-order valence-corrected chi connectivity index (χ3v) is 2.50. The zero-order valence-electron chi connectivity index (χ0n) is 9.83. The molecule has 0 saturated carbocycles. The van der Waals surface area contributed by atoms with Gasteiger partial charge < -0.3 is 10.2 Å². The fourth-order valence-electron chi connectivity index (χ4n) is 1.83. The van der Waals surface area contributed by atoms with E-state index in [4.69, 9.17) is 10.2 Å². The van der Waals surface area contributed by atoms with Crippen LogP contribution in [0, 0.1) is 0 Å². The van der Waals surface area contributed by atoms with E-state index in [2.05, 4.69) is 18.7 Å². The standard InChI is InChI=1S/C12H22N2O/c1-3-6-14(7-4-2)10-11-5-8-15-12(11)9-13/h5,8H,3-4,6-7,9-10,13H2,1-2H3. The molecule has 0 bridgehead atoms. The highest BCUT2D eigenvalue weighted by molar-refractivity contribution is 5.16. The number of furan rings is 1. The highest BCUT2D eigenvalue weighted by Crippen LogP contribution is 2.13. The first-order valence-electron chi connectivity index (χ1n) is 5.79. The summed E-state index contributed by atoms with van der Waals surface area (Å²) in [5, 5.41) is 0. The van der Waals surface area contributed by atoms with Gasteiger partial charge in [-0.2, -0.15) is 0 Å². The lowest BCUT2D eigenvalue weighted by Gasteiger charge is -2.20. The summed E-state index contributed by atoms with van der Waals surface area (Å²) in [6, 6.07) is 2.03. The van der Waals surface area contributed by atoms with Crippen LogP contribution in [0.1, 0.15) is 38.0 Å². The molecular weight excluding hydrogens is 188 g/mol. The number of nitrogens with zero attached hydrogens (tertiary/aromatic N) is 1. The Morgan fingerprint density at radius 3 is 2.47 bits per heavy atom. The third kappa shape index (κ3) is 3.68. The predicted octanol–water partition coefficient (Wildman–Crippen LogP) is 2.36. The van der Waals surface area contributed by atoms with Crippen LogP contribution < -0.4 is 5.73 Å². The van der Waals surface area contributed by atoms with Gasteiger partial charge in [0.15, 0.2) is 0 Å². The van der Waals surface area contributed by atoms with Crippen LogP contribution in [-0.2, 0) is 13.1 Å². The van der Waals surface area contributed by atoms with E-state index in [9.17, 15) is 0 Å². The van der Waals surface area contributed by atoms with Gasteiger partial charge in [-0.05, 0) is 32.0 Å². The van der Waals surface area contributed by atoms with Crippen LogP contribution >= 0.6 is 0 Å². The van der Waals surface area contributed by atoms with Crippen LogP contribution in [0.4, 0.5) is 0 Å². The highest BCUT2D eigenvalue weighted by Gasteiger charge is 2.09. The third-order valence-electron chi connectivity index (χ3n) is 2.50. The van der Waals surface area contributed by atoms with Crippen molar-refractivity contribution >= 4 is 0 Å². The van der Waals surface area contributed by atoms with Gasteiger partial charge in [-0.25, -0.2) is 0 Å². The van der Waals surface area contributed by atoms with Gasteiger partial charge in [-0.15, -0.1) is 0 Å². The molecule has 0 saturated heterocycles. The van der Waals surface area contributed by atoms with Crippen LogP contribution in [0.15, 0.2) is 16.7 Å². The minimum Gasteiger partial charge on any atom is -0.468 e. The molecule has 0 spiro atoms. The first kappa shape index (κ1) is 12.3. The molecule has 3 nitrogen and oxygen atoms in total. The van der Waals surface area contributed by atoms with Crippen LogP contribution in [0.2, 0.25) is 0 Å². The molecule has 15 heavy (non-hydrogen) atoms. The molecule has 0 aliphatic rings. The number of hydrogen-bond donors (Lipinski definition) is 1. The molecule has 1 heterocycles. The fraction of sp³-hybridized carbons (Fsp3) is 0.667. The van der Waals surface area contributed by atoms with Gasteiger partial charge >= 0.3 is 0 Å². The second kappa shape index (κ2) is 6.64. The summed E-state index contributed by atoms with van der Waals surface area (Å²) < 4.78 is 5.32. The molecule has 1 aromatic heterocycles. The van der Waals surface area contributed by atoms with E-state index in [-0.39, 0.29) is 0 Å². The van der Waals surface area contributed by atoms with Gasteiger partial charge in [-0.3, -0.25) is 4.90 Å². The Hall–Kier alpha value is -0.800. The van der Waals surface area contributed by atoms with Gasteiger partial charge in [0.25, 0.3) is 0 Å². The fourth-order valence-corrected chi connectivity index (χ4v) is 1.83. The molecule has 0 aliphatic carbocycles. The normalized spacial score (nSPS) is 11.2. The molecule has 0 aromatic carbocycles. The molecule has 0 amide bonds. The van der Waals surface area contributed by atoms with E-state index in [0.29, 0.717) is 6.54 Å². The van der Waals surface area contributed by atoms with E-state index in [0.717, 1.165) is 25.4 Å². The summed E-state index contributed by atoms with van der Waals surface area (Å²) >= 11 is 0. The lowest BCUT2D eigenvalue weighted by atomic mass is 10.2. The molecule has 0 atom stereocenters. The van der Waals surface area contributed by atoms with Crippen molar-refractivity contribution < 1.29 is 4.42 Å². The van der Waals surface area contributed by atoms with Crippen molar-refractivity contribution in [3.63, 3.8) is 0 Å². The van der Waals surface area contributed by atoms with Crippen LogP contribution in [0.25, 0.3) is 0 Å². The Morgan fingerprint density at radius 2 is 1.93 bits per heavy atom. The Balaban J connectivity index is 2.56. The Bertz CT molecular complexity index is 264. The van der Waals surface area contributed by atoms with Gasteiger partial charge in [0.2, 0.25) is 0 Å². The predicted molar refractivity (Wildman–Crippen MR) is 62.5 cm³/mol. The molecule has 1 aromatic rings. The van der Waals surface area contributed by atoms with Crippen LogP contribution in [-0.4, -0.2) is 18.0 Å². The number of rotatable bonds is 7. The van der Waals surface area contributed by atoms with Gasteiger partial charge in [0, 0.05) is 12.1 Å². The lowest BCUT2D eigenvalue weighted by molar-refractivity contribution is 0.264. The maximum atomic E-state index is 5.61. The molecule has 0 radical (unpaired) electrons. The van der Waals surface area contributed by atoms with Crippen molar-refractivity contribution in [2.45, 2.75) is 39.8 Å². The molecule has 86 valence electrons. The summed E-state index contributed by atoms with van der Waals surface area (Å²) in [7, 11) is 0. The summed E-state index contributed by atoms with van der Waals surface area (Å²) in [5.41, 5.74) is 6.84. The van der Waals surface area contributed by atoms with Crippen molar-refractivity contribution in [2.75, 3.05) is 13.1 Å².